The van der Waals surface area contributed by atoms with Crippen molar-refractivity contribution in [1.82, 2.24) is 15.4 Å². The number of benzene rings is 2. The van der Waals surface area contributed by atoms with Gasteiger partial charge in [0.05, 0.1) is 10.8 Å². The molecule has 0 atom stereocenters. The van der Waals surface area contributed by atoms with Crippen molar-refractivity contribution in [3.8, 4) is 22.7 Å². The van der Waals surface area contributed by atoms with E-state index >= 15 is 0 Å². The van der Waals surface area contributed by atoms with Gasteiger partial charge in [-0.25, -0.2) is 0 Å². The minimum absolute atomic E-state index is 0.400. The zero-order valence-electron chi connectivity index (χ0n) is 13.8. The fourth-order valence-corrected chi connectivity index (χ4v) is 3.61. The van der Waals surface area contributed by atoms with Crippen molar-refractivity contribution in [3.63, 3.8) is 0 Å². The molecule has 2 aromatic carbocycles. The second kappa shape index (κ2) is 7.35. The third-order valence-corrected chi connectivity index (χ3v) is 5.28. The topological polar surface area (TPSA) is 65.0 Å². The van der Waals surface area contributed by atoms with E-state index in [1.807, 2.05) is 61.5 Å². The third kappa shape index (κ3) is 3.38. The third-order valence-electron chi connectivity index (χ3n) is 3.78. The van der Waals surface area contributed by atoms with Crippen LogP contribution < -0.4 is 0 Å². The largest absolute Gasteiger partial charge is 0.420 e. The van der Waals surface area contributed by atoms with Gasteiger partial charge in [-0.1, -0.05) is 59.2 Å². The highest BCUT2D eigenvalue weighted by Gasteiger charge is 2.21. The molecule has 26 heavy (non-hydrogen) atoms. The summed E-state index contributed by atoms with van der Waals surface area (Å²) in [7, 11) is 0. The number of hydrogen-bond donors (Lipinski definition) is 0. The normalized spacial score (nSPS) is 11.0. The van der Waals surface area contributed by atoms with Gasteiger partial charge in [-0.3, -0.25) is 0 Å². The van der Waals surface area contributed by atoms with Gasteiger partial charge in [0.2, 0.25) is 5.89 Å². The van der Waals surface area contributed by atoms with Gasteiger partial charge >= 0.3 is 0 Å². The lowest BCUT2D eigenvalue weighted by atomic mass is 10.1. The number of aromatic nitrogens is 3. The van der Waals surface area contributed by atoms with Gasteiger partial charge in [0.25, 0.3) is 5.89 Å². The molecule has 0 bridgehead atoms. The van der Waals surface area contributed by atoms with E-state index in [1.54, 1.807) is 11.8 Å². The maximum absolute atomic E-state index is 6.18. The van der Waals surface area contributed by atoms with Gasteiger partial charge in [-0.15, -0.1) is 22.0 Å². The van der Waals surface area contributed by atoms with Crippen molar-refractivity contribution >= 4 is 23.4 Å². The average molecular weight is 384 g/mol. The SMILES string of the molecule is Cc1onc(-c2ccccc2)c1-c1nnc(CSc2ccccc2Cl)o1. The Morgan fingerprint density at radius 3 is 2.58 bits per heavy atom. The molecule has 0 amide bonds. The van der Waals surface area contributed by atoms with Crippen molar-refractivity contribution in [2.45, 2.75) is 17.6 Å². The lowest BCUT2D eigenvalue weighted by molar-refractivity contribution is 0.399. The number of thioether (sulfide) groups is 1. The predicted molar refractivity (Wildman–Crippen MR) is 101 cm³/mol. The van der Waals surface area contributed by atoms with Gasteiger partial charge in [-0.2, -0.15) is 0 Å². The molecule has 0 saturated carbocycles. The maximum atomic E-state index is 6.18. The van der Waals surface area contributed by atoms with E-state index in [4.69, 9.17) is 20.5 Å². The summed E-state index contributed by atoms with van der Waals surface area (Å²) in [4.78, 5) is 0.972. The Labute approximate surface area is 159 Å². The van der Waals surface area contributed by atoms with Crippen LogP contribution in [0.25, 0.3) is 22.7 Å². The van der Waals surface area contributed by atoms with Crippen molar-refractivity contribution in [2.75, 3.05) is 0 Å². The van der Waals surface area contributed by atoms with Gasteiger partial charge in [0, 0.05) is 10.5 Å². The molecule has 2 heterocycles. The van der Waals surface area contributed by atoms with Crippen LogP contribution in [-0.4, -0.2) is 15.4 Å². The minimum atomic E-state index is 0.400. The summed E-state index contributed by atoms with van der Waals surface area (Å²) in [5.41, 5.74) is 2.35. The molecule has 0 unspecified atom stereocenters. The Bertz CT molecular complexity index is 1030. The Kier molecular flexibility index (Phi) is 4.77. The monoisotopic (exact) mass is 383 g/mol. The first kappa shape index (κ1) is 16.9. The van der Waals surface area contributed by atoms with Gasteiger partial charge in [0.15, 0.2) is 0 Å². The van der Waals surface area contributed by atoms with Crippen molar-refractivity contribution < 1.29 is 8.94 Å². The molecule has 2 aromatic heterocycles. The lowest BCUT2D eigenvalue weighted by Gasteiger charge is -2.00. The van der Waals surface area contributed by atoms with E-state index in [0.29, 0.717) is 34.0 Å². The highest BCUT2D eigenvalue weighted by atomic mass is 35.5. The summed E-state index contributed by atoms with van der Waals surface area (Å²) in [6.07, 6.45) is 0. The second-order valence-corrected chi connectivity index (χ2v) is 6.97. The standard InChI is InChI=1S/C19H14ClN3O2S/c1-12-17(18(23-25-12)13-7-3-2-4-8-13)19-22-21-16(24-19)11-26-15-10-6-5-9-14(15)20/h2-10H,11H2,1H3. The van der Waals surface area contributed by atoms with E-state index in [9.17, 15) is 0 Å². The molecule has 4 rings (SSSR count). The average Bonchev–Trinajstić information content (AvgIpc) is 3.28. The minimum Gasteiger partial charge on any atom is -0.420 e. The van der Waals surface area contributed by atoms with Crippen LogP contribution >= 0.6 is 23.4 Å². The Balaban J connectivity index is 1.59. The predicted octanol–water partition coefficient (Wildman–Crippen LogP) is 5.65. The van der Waals surface area contributed by atoms with Crippen LogP contribution in [-0.2, 0) is 5.75 Å². The van der Waals surface area contributed by atoms with Crippen LogP contribution in [0.15, 0.2) is 68.4 Å². The zero-order chi connectivity index (χ0) is 17.9. The molecular formula is C19H14ClN3O2S. The molecule has 0 aliphatic carbocycles. The molecule has 0 radical (unpaired) electrons. The summed E-state index contributed by atoms with van der Waals surface area (Å²) in [6, 6.07) is 17.4. The number of halogens is 1. The molecule has 4 aromatic rings. The van der Waals surface area contributed by atoms with Crippen LogP contribution in [0.2, 0.25) is 5.02 Å². The Morgan fingerprint density at radius 2 is 1.77 bits per heavy atom. The molecule has 0 aliphatic heterocycles. The molecule has 5 nitrogen and oxygen atoms in total. The summed E-state index contributed by atoms with van der Waals surface area (Å²) < 4.78 is 11.2. The Morgan fingerprint density at radius 1 is 1.00 bits per heavy atom. The van der Waals surface area contributed by atoms with Crippen LogP contribution in [0.4, 0.5) is 0 Å². The fraction of sp³-hybridized carbons (Fsp3) is 0.105. The highest BCUT2D eigenvalue weighted by Crippen LogP contribution is 2.34. The number of rotatable bonds is 5. The van der Waals surface area contributed by atoms with Crippen LogP contribution in [0.1, 0.15) is 11.7 Å². The first-order valence-corrected chi connectivity index (χ1v) is 9.30. The van der Waals surface area contributed by atoms with E-state index in [0.717, 1.165) is 16.0 Å². The van der Waals surface area contributed by atoms with Gasteiger partial charge < -0.3 is 8.94 Å². The number of hydrogen-bond acceptors (Lipinski definition) is 6. The highest BCUT2D eigenvalue weighted by molar-refractivity contribution is 7.98. The molecular weight excluding hydrogens is 370 g/mol. The molecule has 0 N–H and O–H groups in total. The van der Waals surface area contributed by atoms with Crippen LogP contribution in [0, 0.1) is 6.92 Å². The maximum Gasteiger partial charge on any atom is 0.253 e. The van der Waals surface area contributed by atoms with Crippen LogP contribution in [0.3, 0.4) is 0 Å². The summed E-state index contributed by atoms with van der Waals surface area (Å²) in [5, 5.41) is 13.2. The van der Waals surface area contributed by atoms with E-state index < -0.39 is 0 Å². The van der Waals surface area contributed by atoms with E-state index in [1.165, 1.54) is 0 Å². The smallest absolute Gasteiger partial charge is 0.253 e. The van der Waals surface area contributed by atoms with Gasteiger partial charge in [0.1, 0.15) is 17.0 Å². The molecule has 0 fully saturated rings. The van der Waals surface area contributed by atoms with E-state index in [-0.39, 0.29) is 0 Å². The molecule has 130 valence electrons. The molecule has 0 aliphatic rings. The first-order valence-electron chi connectivity index (χ1n) is 7.94. The molecule has 0 spiro atoms. The lowest BCUT2D eigenvalue weighted by Crippen LogP contribution is -1.84. The summed E-state index contributed by atoms with van der Waals surface area (Å²) >= 11 is 7.73. The van der Waals surface area contributed by atoms with Crippen LogP contribution in [0.5, 0.6) is 0 Å². The van der Waals surface area contributed by atoms with Crippen molar-refractivity contribution in [2.24, 2.45) is 0 Å². The number of aryl methyl sites for hydroxylation is 1. The number of nitrogens with zero attached hydrogens (tertiary/aromatic N) is 3. The van der Waals surface area contributed by atoms with Crippen molar-refractivity contribution in [3.05, 3.63) is 71.3 Å². The summed E-state index contributed by atoms with van der Waals surface area (Å²) in [5.74, 6) is 2.08. The molecule has 0 saturated heterocycles. The first-order chi connectivity index (χ1) is 12.7. The fourth-order valence-electron chi connectivity index (χ4n) is 2.53. The van der Waals surface area contributed by atoms with E-state index in [2.05, 4.69) is 15.4 Å². The zero-order valence-corrected chi connectivity index (χ0v) is 15.4. The second-order valence-electron chi connectivity index (χ2n) is 5.55. The molecule has 7 heteroatoms. The Hall–Kier alpha value is -2.57. The summed E-state index contributed by atoms with van der Waals surface area (Å²) in [6.45, 7) is 1.83. The quantitative estimate of drug-likeness (QED) is 0.415. The van der Waals surface area contributed by atoms with Crippen molar-refractivity contribution in [1.29, 1.82) is 0 Å². The van der Waals surface area contributed by atoms with Gasteiger partial charge in [-0.05, 0) is 19.1 Å².